The molecule has 150 valence electrons. The standard InChI is InChI=1S/C21H29N5O2/c1-16-15-19(23-17-7-4-2-3-5-8-17)24-21(22-16)26-12-10-25(11-13-26)20(27)18-9-6-14-28-18/h6,9,14-15,17H,2-5,7-8,10-13H2,1H3,(H,22,23,24). The maximum Gasteiger partial charge on any atom is 0.289 e. The van der Waals surface area contributed by atoms with E-state index in [9.17, 15) is 4.79 Å². The van der Waals surface area contributed by atoms with Gasteiger partial charge in [-0.15, -0.1) is 0 Å². The Kier molecular flexibility index (Phi) is 5.78. The summed E-state index contributed by atoms with van der Waals surface area (Å²) >= 11 is 0. The third kappa shape index (κ3) is 4.46. The Hall–Kier alpha value is -2.57. The van der Waals surface area contributed by atoms with Gasteiger partial charge in [-0.3, -0.25) is 4.79 Å². The number of furan rings is 1. The number of amides is 1. The second-order valence-corrected chi connectivity index (χ2v) is 7.78. The molecule has 4 rings (SSSR count). The normalized spacial score (nSPS) is 18.8. The van der Waals surface area contributed by atoms with Crippen molar-refractivity contribution in [3.8, 4) is 0 Å². The monoisotopic (exact) mass is 383 g/mol. The lowest BCUT2D eigenvalue weighted by molar-refractivity contribution is 0.0714. The molecule has 0 spiro atoms. The van der Waals surface area contributed by atoms with Gasteiger partial charge in [-0.05, 0) is 31.9 Å². The molecule has 1 amide bonds. The van der Waals surface area contributed by atoms with Crippen molar-refractivity contribution in [3.63, 3.8) is 0 Å². The predicted molar refractivity (Wildman–Crippen MR) is 109 cm³/mol. The van der Waals surface area contributed by atoms with E-state index in [-0.39, 0.29) is 5.91 Å². The van der Waals surface area contributed by atoms with Gasteiger partial charge in [0, 0.05) is 44.0 Å². The number of aromatic nitrogens is 2. The van der Waals surface area contributed by atoms with Crippen molar-refractivity contribution in [2.45, 2.75) is 51.5 Å². The SMILES string of the molecule is Cc1cc(NC2CCCCCC2)nc(N2CCN(C(=O)c3ccco3)CC2)n1. The van der Waals surface area contributed by atoms with E-state index < -0.39 is 0 Å². The summed E-state index contributed by atoms with van der Waals surface area (Å²) in [6, 6.07) is 5.99. The lowest BCUT2D eigenvalue weighted by Gasteiger charge is -2.34. The molecule has 2 aliphatic rings. The van der Waals surface area contributed by atoms with Gasteiger partial charge in [-0.25, -0.2) is 4.98 Å². The van der Waals surface area contributed by atoms with Gasteiger partial charge in [0.05, 0.1) is 6.26 Å². The van der Waals surface area contributed by atoms with Crippen LogP contribution in [0.1, 0.15) is 54.8 Å². The third-order valence-electron chi connectivity index (χ3n) is 5.63. The minimum absolute atomic E-state index is 0.0504. The van der Waals surface area contributed by atoms with E-state index in [0.717, 1.165) is 30.5 Å². The Morgan fingerprint density at radius 3 is 2.54 bits per heavy atom. The summed E-state index contributed by atoms with van der Waals surface area (Å²) in [6.07, 6.45) is 9.23. The first-order chi connectivity index (χ1) is 13.7. The molecular formula is C21H29N5O2. The maximum absolute atomic E-state index is 12.4. The topological polar surface area (TPSA) is 74.5 Å². The van der Waals surface area contributed by atoms with Crippen LogP contribution in [0.4, 0.5) is 11.8 Å². The summed E-state index contributed by atoms with van der Waals surface area (Å²) in [6.45, 7) is 4.74. The van der Waals surface area contributed by atoms with E-state index in [1.807, 2.05) is 17.9 Å². The molecule has 7 heteroatoms. The Bertz CT molecular complexity index is 776. The Morgan fingerprint density at radius 1 is 1.11 bits per heavy atom. The lowest BCUT2D eigenvalue weighted by Crippen LogP contribution is -2.49. The lowest BCUT2D eigenvalue weighted by atomic mass is 10.1. The quantitative estimate of drug-likeness (QED) is 0.815. The summed E-state index contributed by atoms with van der Waals surface area (Å²) in [7, 11) is 0. The smallest absolute Gasteiger partial charge is 0.289 e. The molecular weight excluding hydrogens is 354 g/mol. The Balaban J connectivity index is 1.39. The third-order valence-corrected chi connectivity index (χ3v) is 5.63. The molecule has 0 radical (unpaired) electrons. The molecule has 2 aromatic rings. The highest BCUT2D eigenvalue weighted by molar-refractivity contribution is 5.91. The van der Waals surface area contributed by atoms with E-state index >= 15 is 0 Å². The summed E-state index contributed by atoms with van der Waals surface area (Å²) in [5.41, 5.74) is 0.968. The molecule has 0 atom stereocenters. The van der Waals surface area contributed by atoms with Crippen LogP contribution in [-0.2, 0) is 0 Å². The molecule has 2 aromatic heterocycles. The van der Waals surface area contributed by atoms with Gasteiger partial charge < -0.3 is 19.5 Å². The van der Waals surface area contributed by atoms with Crippen LogP contribution >= 0.6 is 0 Å². The fraction of sp³-hybridized carbons (Fsp3) is 0.571. The number of hydrogen-bond acceptors (Lipinski definition) is 6. The van der Waals surface area contributed by atoms with Crippen LogP contribution in [0, 0.1) is 6.92 Å². The van der Waals surface area contributed by atoms with Crippen molar-refractivity contribution in [2.24, 2.45) is 0 Å². The molecule has 0 bridgehead atoms. The van der Waals surface area contributed by atoms with Gasteiger partial charge in [-0.2, -0.15) is 4.98 Å². The van der Waals surface area contributed by atoms with E-state index in [4.69, 9.17) is 9.40 Å². The van der Waals surface area contributed by atoms with Gasteiger partial charge in [-0.1, -0.05) is 25.7 Å². The van der Waals surface area contributed by atoms with Crippen molar-refractivity contribution in [2.75, 3.05) is 36.4 Å². The average Bonchev–Trinajstić information content (AvgIpc) is 3.13. The van der Waals surface area contributed by atoms with Gasteiger partial charge in [0.2, 0.25) is 5.95 Å². The molecule has 0 unspecified atom stereocenters. The van der Waals surface area contributed by atoms with E-state index in [0.29, 0.717) is 24.9 Å². The first-order valence-electron chi connectivity index (χ1n) is 10.4. The largest absolute Gasteiger partial charge is 0.459 e. The number of piperazine rings is 1. The zero-order valence-electron chi connectivity index (χ0n) is 16.6. The number of rotatable bonds is 4. The first-order valence-corrected chi connectivity index (χ1v) is 10.4. The number of hydrogen-bond donors (Lipinski definition) is 1. The van der Waals surface area contributed by atoms with Crippen molar-refractivity contribution in [1.82, 2.24) is 14.9 Å². The molecule has 2 fully saturated rings. The van der Waals surface area contributed by atoms with E-state index in [1.54, 1.807) is 12.1 Å². The van der Waals surface area contributed by atoms with Crippen molar-refractivity contribution in [3.05, 3.63) is 35.9 Å². The molecule has 1 N–H and O–H groups in total. The summed E-state index contributed by atoms with van der Waals surface area (Å²) in [4.78, 5) is 25.9. The van der Waals surface area contributed by atoms with Crippen LogP contribution in [0.3, 0.4) is 0 Å². The minimum Gasteiger partial charge on any atom is -0.459 e. The highest BCUT2D eigenvalue weighted by Crippen LogP contribution is 2.22. The highest BCUT2D eigenvalue weighted by Gasteiger charge is 2.25. The molecule has 1 saturated carbocycles. The number of anilines is 2. The van der Waals surface area contributed by atoms with Crippen LogP contribution in [-0.4, -0.2) is 53.0 Å². The molecule has 3 heterocycles. The number of carbonyl (C=O) groups is 1. The number of aryl methyl sites for hydroxylation is 1. The Morgan fingerprint density at radius 2 is 1.86 bits per heavy atom. The number of carbonyl (C=O) groups excluding carboxylic acids is 1. The van der Waals surface area contributed by atoms with Crippen LogP contribution in [0.25, 0.3) is 0 Å². The zero-order valence-corrected chi connectivity index (χ0v) is 16.6. The number of nitrogens with zero attached hydrogens (tertiary/aromatic N) is 4. The van der Waals surface area contributed by atoms with Gasteiger partial charge in [0.25, 0.3) is 5.91 Å². The maximum atomic E-state index is 12.4. The van der Waals surface area contributed by atoms with Crippen LogP contribution < -0.4 is 10.2 Å². The van der Waals surface area contributed by atoms with Crippen LogP contribution in [0.2, 0.25) is 0 Å². The minimum atomic E-state index is -0.0504. The Labute approximate surface area is 166 Å². The van der Waals surface area contributed by atoms with Crippen molar-refractivity contribution < 1.29 is 9.21 Å². The van der Waals surface area contributed by atoms with Gasteiger partial charge >= 0.3 is 0 Å². The molecule has 0 aromatic carbocycles. The number of nitrogens with one attached hydrogen (secondary N) is 1. The van der Waals surface area contributed by atoms with Crippen molar-refractivity contribution in [1.29, 1.82) is 0 Å². The average molecular weight is 383 g/mol. The molecule has 1 saturated heterocycles. The molecule has 7 nitrogen and oxygen atoms in total. The molecule has 28 heavy (non-hydrogen) atoms. The van der Waals surface area contributed by atoms with E-state index in [1.165, 1.54) is 44.8 Å². The summed E-state index contributed by atoms with van der Waals surface area (Å²) < 4.78 is 5.23. The van der Waals surface area contributed by atoms with Crippen LogP contribution in [0.15, 0.2) is 28.9 Å². The van der Waals surface area contributed by atoms with Gasteiger partial charge in [0.15, 0.2) is 5.76 Å². The highest BCUT2D eigenvalue weighted by atomic mass is 16.3. The second-order valence-electron chi connectivity index (χ2n) is 7.78. The summed E-state index contributed by atoms with van der Waals surface area (Å²) in [5.74, 6) is 2.02. The zero-order chi connectivity index (χ0) is 19.3. The fourth-order valence-electron chi connectivity index (χ4n) is 4.07. The van der Waals surface area contributed by atoms with Crippen molar-refractivity contribution >= 4 is 17.7 Å². The second kappa shape index (κ2) is 8.63. The molecule has 1 aliphatic carbocycles. The van der Waals surface area contributed by atoms with Crippen LogP contribution in [0.5, 0.6) is 0 Å². The molecule has 1 aliphatic heterocycles. The van der Waals surface area contributed by atoms with E-state index in [2.05, 4.69) is 15.2 Å². The fourth-order valence-corrected chi connectivity index (χ4v) is 4.07. The first kappa shape index (κ1) is 18.8. The predicted octanol–water partition coefficient (Wildman–Crippen LogP) is 3.48. The van der Waals surface area contributed by atoms with Gasteiger partial charge in [0.1, 0.15) is 5.82 Å². The summed E-state index contributed by atoms with van der Waals surface area (Å²) in [5, 5.41) is 3.63.